The molecule has 1 aromatic rings. The first kappa shape index (κ1) is 20.0. The number of carboxylic acids is 1. The zero-order valence-corrected chi connectivity index (χ0v) is 14.0. The van der Waals surface area contributed by atoms with Gasteiger partial charge >= 0.3 is 12.1 Å². The van der Waals surface area contributed by atoms with Gasteiger partial charge in [0.1, 0.15) is 0 Å². The van der Waals surface area contributed by atoms with Crippen molar-refractivity contribution in [1.29, 1.82) is 0 Å². The number of carbonyl (C=O) groups excluding carboxylic acids is 1. The molecule has 0 saturated carbocycles. The van der Waals surface area contributed by atoms with Gasteiger partial charge < -0.3 is 10.0 Å². The Morgan fingerprint density at radius 1 is 1.17 bits per heavy atom. The molecule has 1 aliphatic rings. The van der Waals surface area contributed by atoms with Gasteiger partial charge in [-0.2, -0.15) is 13.2 Å². The molecular weight excluding hydrogens is 323 g/mol. The summed E-state index contributed by atoms with van der Waals surface area (Å²) in [4.78, 5) is 23.8. The van der Waals surface area contributed by atoms with E-state index >= 15 is 0 Å². The van der Waals surface area contributed by atoms with E-state index < -0.39 is 23.3 Å². The first-order valence-corrected chi connectivity index (χ1v) is 7.90. The van der Waals surface area contributed by atoms with Gasteiger partial charge in [-0.25, -0.2) is 4.79 Å². The predicted molar refractivity (Wildman–Crippen MR) is 84.0 cm³/mol. The van der Waals surface area contributed by atoms with Crippen molar-refractivity contribution in [2.45, 2.75) is 45.7 Å². The number of alkyl halides is 3. The molecule has 1 amide bonds. The molecule has 0 bridgehead atoms. The smallest absolute Gasteiger partial charge is 0.417 e. The number of hydrogen-bond donors (Lipinski definition) is 1. The van der Waals surface area contributed by atoms with E-state index in [-0.39, 0.29) is 11.8 Å². The number of aromatic carboxylic acids is 1. The topological polar surface area (TPSA) is 57.6 Å². The minimum absolute atomic E-state index is 0.0457. The maximum atomic E-state index is 13.0. The van der Waals surface area contributed by atoms with E-state index in [0.29, 0.717) is 31.5 Å². The summed E-state index contributed by atoms with van der Waals surface area (Å²) in [6, 6.07) is 3.38. The monoisotopic (exact) mass is 345 g/mol. The summed E-state index contributed by atoms with van der Waals surface area (Å²) in [7, 11) is 0. The SMILES string of the molecule is CC.CC(=O)N1CCC(c2ccc(C(=O)O)c(C(F)(F)F)c2)CC1. The van der Waals surface area contributed by atoms with E-state index in [9.17, 15) is 22.8 Å². The van der Waals surface area contributed by atoms with Crippen molar-refractivity contribution in [1.82, 2.24) is 4.90 Å². The molecule has 1 saturated heterocycles. The molecule has 0 atom stereocenters. The van der Waals surface area contributed by atoms with E-state index in [1.807, 2.05) is 13.8 Å². The normalized spacial score (nSPS) is 15.5. The summed E-state index contributed by atoms with van der Waals surface area (Å²) >= 11 is 0. The number of carbonyl (C=O) groups is 2. The molecule has 0 spiro atoms. The van der Waals surface area contributed by atoms with Crippen LogP contribution >= 0.6 is 0 Å². The summed E-state index contributed by atoms with van der Waals surface area (Å²) in [5.41, 5.74) is -1.38. The highest BCUT2D eigenvalue weighted by Gasteiger charge is 2.36. The third kappa shape index (κ3) is 4.72. The van der Waals surface area contributed by atoms with Gasteiger partial charge in [0.15, 0.2) is 0 Å². The standard InChI is InChI=1S/C15H16F3NO3.C2H6/c1-9(20)19-6-4-10(5-7-19)11-2-3-12(14(21)22)13(8-11)15(16,17)18;1-2/h2-3,8,10H,4-7H2,1H3,(H,21,22);1-2H3. The molecule has 1 aromatic carbocycles. The van der Waals surface area contributed by atoms with Crippen molar-refractivity contribution >= 4 is 11.9 Å². The summed E-state index contributed by atoms with van der Waals surface area (Å²) in [6.07, 6.45) is -3.56. The fourth-order valence-corrected chi connectivity index (χ4v) is 2.76. The molecule has 1 aliphatic heterocycles. The van der Waals surface area contributed by atoms with Crippen LogP contribution in [0.5, 0.6) is 0 Å². The highest BCUT2D eigenvalue weighted by atomic mass is 19.4. The van der Waals surface area contributed by atoms with Gasteiger partial charge in [0.05, 0.1) is 11.1 Å². The molecular formula is C17H22F3NO3. The molecule has 2 rings (SSSR count). The molecule has 1 heterocycles. The Bertz CT molecular complexity index is 591. The lowest BCUT2D eigenvalue weighted by Gasteiger charge is -2.31. The lowest BCUT2D eigenvalue weighted by Crippen LogP contribution is -2.36. The van der Waals surface area contributed by atoms with Crippen LogP contribution in [0, 0.1) is 0 Å². The van der Waals surface area contributed by atoms with Crippen LogP contribution in [0.25, 0.3) is 0 Å². The second-order valence-electron chi connectivity index (χ2n) is 5.39. The molecule has 1 N–H and O–H groups in total. The number of halogens is 3. The van der Waals surface area contributed by atoms with Gasteiger partial charge in [0, 0.05) is 20.0 Å². The van der Waals surface area contributed by atoms with Crippen LogP contribution in [0.4, 0.5) is 13.2 Å². The lowest BCUT2D eigenvalue weighted by atomic mass is 9.87. The van der Waals surface area contributed by atoms with E-state index in [4.69, 9.17) is 5.11 Å². The van der Waals surface area contributed by atoms with E-state index in [2.05, 4.69) is 0 Å². The highest BCUT2D eigenvalue weighted by Crippen LogP contribution is 2.36. The van der Waals surface area contributed by atoms with Crippen LogP contribution in [-0.2, 0) is 11.0 Å². The van der Waals surface area contributed by atoms with Gasteiger partial charge in [-0.3, -0.25) is 4.79 Å². The number of likely N-dealkylation sites (tertiary alicyclic amines) is 1. The molecule has 134 valence electrons. The summed E-state index contributed by atoms with van der Waals surface area (Å²) in [5, 5.41) is 8.88. The van der Waals surface area contributed by atoms with Crippen LogP contribution in [0.3, 0.4) is 0 Å². The van der Waals surface area contributed by atoms with Gasteiger partial charge in [-0.15, -0.1) is 0 Å². The number of amides is 1. The number of hydrogen-bond acceptors (Lipinski definition) is 2. The Labute approximate surface area is 139 Å². The first-order valence-electron chi connectivity index (χ1n) is 7.90. The Hall–Kier alpha value is -2.05. The lowest BCUT2D eigenvalue weighted by molar-refractivity contribution is -0.138. The summed E-state index contributed by atoms with van der Waals surface area (Å²) in [5.74, 6) is -1.74. The van der Waals surface area contributed by atoms with Crippen molar-refractivity contribution in [3.05, 3.63) is 34.9 Å². The van der Waals surface area contributed by atoms with Crippen LogP contribution in [0.2, 0.25) is 0 Å². The zero-order chi connectivity index (χ0) is 18.5. The Kier molecular flexibility index (Phi) is 6.81. The van der Waals surface area contributed by atoms with Gasteiger partial charge in [-0.1, -0.05) is 19.9 Å². The van der Waals surface area contributed by atoms with Crippen LogP contribution in [0.1, 0.15) is 61.0 Å². The second kappa shape index (κ2) is 8.17. The van der Waals surface area contributed by atoms with Gasteiger partial charge in [0.2, 0.25) is 5.91 Å². The quantitative estimate of drug-likeness (QED) is 0.876. The maximum absolute atomic E-state index is 13.0. The highest BCUT2D eigenvalue weighted by molar-refractivity contribution is 5.89. The molecule has 0 unspecified atom stereocenters. The number of nitrogens with zero attached hydrogens (tertiary/aromatic N) is 1. The zero-order valence-electron chi connectivity index (χ0n) is 14.0. The summed E-state index contributed by atoms with van der Waals surface area (Å²) < 4.78 is 39.0. The minimum atomic E-state index is -4.70. The molecule has 7 heteroatoms. The van der Waals surface area contributed by atoms with Crippen LogP contribution < -0.4 is 0 Å². The summed E-state index contributed by atoms with van der Waals surface area (Å²) in [6.45, 7) is 6.47. The van der Waals surface area contributed by atoms with E-state index in [1.165, 1.54) is 13.0 Å². The molecule has 0 aliphatic carbocycles. The van der Waals surface area contributed by atoms with Crippen LogP contribution in [-0.4, -0.2) is 35.0 Å². The fraction of sp³-hybridized carbons (Fsp3) is 0.529. The molecule has 4 nitrogen and oxygen atoms in total. The van der Waals surface area contributed by atoms with Crippen LogP contribution in [0.15, 0.2) is 18.2 Å². The average molecular weight is 345 g/mol. The molecule has 0 aromatic heterocycles. The van der Waals surface area contributed by atoms with Crippen molar-refractivity contribution < 1.29 is 27.9 Å². The second-order valence-corrected chi connectivity index (χ2v) is 5.39. The third-order valence-corrected chi connectivity index (χ3v) is 3.99. The van der Waals surface area contributed by atoms with Gasteiger partial charge in [0.25, 0.3) is 0 Å². The molecule has 0 radical (unpaired) electrons. The van der Waals surface area contributed by atoms with Gasteiger partial charge in [-0.05, 0) is 36.5 Å². The van der Waals surface area contributed by atoms with E-state index in [1.54, 1.807) is 4.90 Å². The fourth-order valence-electron chi connectivity index (χ4n) is 2.76. The van der Waals surface area contributed by atoms with E-state index in [0.717, 1.165) is 12.1 Å². The largest absolute Gasteiger partial charge is 0.478 e. The van der Waals surface area contributed by atoms with Crippen molar-refractivity contribution in [2.24, 2.45) is 0 Å². The predicted octanol–water partition coefficient (Wildman–Crippen LogP) is 4.16. The average Bonchev–Trinajstić information content (AvgIpc) is 2.55. The first-order chi connectivity index (χ1) is 11.2. The van der Waals surface area contributed by atoms with Crippen molar-refractivity contribution in [2.75, 3.05) is 13.1 Å². The molecule has 24 heavy (non-hydrogen) atoms. The number of rotatable bonds is 2. The number of carboxylic acid groups (broad SMARTS) is 1. The van der Waals surface area contributed by atoms with Crippen molar-refractivity contribution in [3.8, 4) is 0 Å². The Morgan fingerprint density at radius 3 is 2.12 bits per heavy atom. The molecule has 1 fully saturated rings. The minimum Gasteiger partial charge on any atom is -0.478 e. The Balaban J connectivity index is 0.00000139. The number of benzene rings is 1. The van der Waals surface area contributed by atoms with Crippen molar-refractivity contribution in [3.63, 3.8) is 0 Å². The third-order valence-electron chi connectivity index (χ3n) is 3.99. The maximum Gasteiger partial charge on any atom is 0.417 e. The number of piperidine rings is 1. The Morgan fingerprint density at radius 2 is 1.71 bits per heavy atom.